The second-order valence-corrected chi connectivity index (χ2v) is 5.27. The molecule has 17 heavy (non-hydrogen) atoms. The summed E-state index contributed by atoms with van der Waals surface area (Å²) in [6, 6.07) is -0.768. The number of carboxylic acid groups (broad SMARTS) is 1. The van der Waals surface area contributed by atoms with Gasteiger partial charge >= 0.3 is 5.97 Å². The topological polar surface area (TPSA) is 78.4 Å². The molecule has 2 unspecified atom stereocenters. The highest BCUT2D eigenvalue weighted by Gasteiger charge is 2.32. The van der Waals surface area contributed by atoms with Crippen molar-refractivity contribution < 1.29 is 14.7 Å². The van der Waals surface area contributed by atoms with Crippen molar-refractivity contribution >= 4 is 11.9 Å². The number of amides is 1. The number of carbonyl (C=O) groups excluding carboxylic acids is 1. The molecule has 3 N–H and O–H groups in total. The molecule has 1 aliphatic rings. The Balaban J connectivity index is 2.54. The summed E-state index contributed by atoms with van der Waals surface area (Å²) in [7, 11) is 0. The van der Waals surface area contributed by atoms with Gasteiger partial charge in [-0.2, -0.15) is 0 Å². The van der Waals surface area contributed by atoms with Crippen LogP contribution >= 0.6 is 0 Å². The Hall–Kier alpha value is -1.10. The first-order valence-electron chi connectivity index (χ1n) is 6.15. The molecule has 0 saturated carbocycles. The summed E-state index contributed by atoms with van der Waals surface area (Å²) in [6.45, 7) is 7.35. The number of hydrogen-bond acceptors (Lipinski definition) is 3. The summed E-state index contributed by atoms with van der Waals surface area (Å²) in [5, 5.41) is 14.8. The van der Waals surface area contributed by atoms with Crippen molar-refractivity contribution in [2.75, 3.05) is 13.1 Å². The van der Waals surface area contributed by atoms with Crippen LogP contribution in [0.2, 0.25) is 0 Å². The van der Waals surface area contributed by atoms with Crippen LogP contribution in [0.4, 0.5) is 0 Å². The molecule has 1 aliphatic heterocycles. The molecule has 0 aliphatic carbocycles. The number of hydrogen-bond donors (Lipinski definition) is 3. The zero-order chi connectivity index (χ0) is 13.0. The largest absolute Gasteiger partial charge is 0.480 e. The summed E-state index contributed by atoms with van der Waals surface area (Å²) < 4.78 is 0. The lowest BCUT2D eigenvalue weighted by molar-refractivity contribution is -0.143. The van der Waals surface area contributed by atoms with Crippen LogP contribution in [0.25, 0.3) is 0 Å². The maximum atomic E-state index is 11.9. The zero-order valence-corrected chi connectivity index (χ0v) is 10.7. The van der Waals surface area contributed by atoms with E-state index in [-0.39, 0.29) is 23.7 Å². The number of aliphatic carboxylic acids is 1. The van der Waals surface area contributed by atoms with Gasteiger partial charge in [0.05, 0.1) is 5.92 Å². The van der Waals surface area contributed by atoms with Gasteiger partial charge in [-0.15, -0.1) is 0 Å². The molecule has 0 aromatic carbocycles. The molecule has 0 bridgehead atoms. The van der Waals surface area contributed by atoms with Crippen LogP contribution in [-0.4, -0.2) is 36.1 Å². The smallest absolute Gasteiger partial charge is 0.326 e. The van der Waals surface area contributed by atoms with Crippen molar-refractivity contribution in [1.82, 2.24) is 10.6 Å². The van der Waals surface area contributed by atoms with Gasteiger partial charge in [0, 0.05) is 6.54 Å². The van der Waals surface area contributed by atoms with Gasteiger partial charge in [0.2, 0.25) is 5.91 Å². The van der Waals surface area contributed by atoms with E-state index in [9.17, 15) is 9.59 Å². The molecule has 3 atom stereocenters. The summed E-state index contributed by atoms with van der Waals surface area (Å²) in [5.74, 6) is -0.691. The Morgan fingerprint density at radius 1 is 1.41 bits per heavy atom. The normalized spacial score (nSPS) is 25.9. The van der Waals surface area contributed by atoms with E-state index in [1.165, 1.54) is 0 Å². The summed E-state index contributed by atoms with van der Waals surface area (Å²) in [5.41, 5.74) is 0. The summed E-state index contributed by atoms with van der Waals surface area (Å²) in [6.07, 6.45) is 0.468. The third kappa shape index (κ3) is 4.00. The summed E-state index contributed by atoms with van der Waals surface area (Å²) in [4.78, 5) is 23.0. The standard InChI is InChI=1S/C12H22N2O3/c1-7(2)4-10(12(16)17)14-11(15)9-6-13-5-8(9)3/h7-10,13H,4-6H2,1-3H3,(H,14,15)(H,16,17)/t8?,9?,10-/m1/s1. The number of carbonyl (C=O) groups is 2. The van der Waals surface area contributed by atoms with E-state index in [0.29, 0.717) is 13.0 Å². The van der Waals surface area contributed by atoms with Crippen LogP contribution in [0.3, 0.4) is 0 Å². The molecular formula is C12H22N2O3. The van der Waals surface area contributed by atoms with Gasteiger partial charge in [-0.05, 0) is 24.8 Å². The maximum absolute atomic E-state index is 11.9. The fourth-order valence-corrected chi connectivity index (χ4v) is 2.13. The van der Waals surface area contributed by atoms with Crippen molar-refractivity contribution in [3.8, 4) is 0 Å². The Kier molecular flexibility index (Phi) is 4.93. The lowest BCUT2D eigenvalue weighted by Gasteiger charge is -2.20. The van der Waals surface area contributed by atoms with Crippen LogP contribution in [-0.2, 0) is 9.59 Å². The van der Waals surface area contributed by atoms with Crippen LogP contribution in [0.5, 0.6) is 0 Å². The highest BCUT2D eigenvalue weighted by molar-refractivity contribution is 5.85. The lowest BCUT2D eigenvalue weighted by atomic mass is 9.96. The molecule has 0 aromatic heterocycles. The molecule has 1 fully saturated rings. The Morgan fingerprint density at radius 3 is 2.47 bits per heavy atom. The van der Waals surface area contributed by atoms with E-state index < -0.39 is 12.0 Å². The SMILES string of the molecule is CC(C)C[C@@H](NC(=O)C1CNCC1C)C(=O)O. The molecule has 5 heteroatoms. The van der Waals surface area contributed by atoms with E-state index in [1.54, 1.807) is 0 Å². The van der Waals surface area contributed by atoms with E-state index in [4.69, 9.17) is 5.11 Å². The minimum Gasteiger partial charge on any atom is -0.480 e. The molecular weight excluding hydrogens is 220 g/mol. The molecule has 1 rings (SSSR count). The van der Waals surface area contributed by atoms with Gasteiger partial charge in [0.15, 0.2) is 0 Å². The Labute approximate surface area is 102 Å². The molecule has 5 nitrogen and oxygen atoms in total. The predicted molar refractivity (Wildman–Crippen MR) is 64.5 cm³/mol. The number of nitrogens with one attached hydrogen (secondary N) is 2. The second-order valence-electron chi connectivity index (χ2n) is 5.27. The first kappa shape index (κ1) is 14.0. The number of carboxylic acids is 1. The quantitative estimate of drug-likeness (QED) is 0.654. The maximum Gasteiger partial charge on any atom is 0.326 e. The highest BCUT2D eigenvalue weighted by atomic mass is 16.4. The predicted octanol–water partition coefficient (Wildman–Crippen LogP) is 0.457. The molecule has 1 saturated heterocycles. The van der Waals surface area contributed by atoms with E-state index >= 15 is 0 Å². The van der Waals surface area contributed by atoms with Crippen LogP contribution in [0.15, 0.2) is 0 Å². The van der Waals surface area contributed by atoms with Crippen molar-refractivity contribution in [3.05, 3.63) is 0 Å². The Morgan fingerprint density at radius 2 is 2.06 bits per heavy atom. The van der Waals surface area contributed by atoms with Gasteiger partial charge < -0.3 is 15.7 Å². The van der Waals surface area contributed by atoms with Gasteiger partial charge in [-0.25, -0.2) is 4.79 Å². The van der Waals surface area contributed by atoms with Crippen LogP contribution in [0, 0.1) is 17.8 Å². The van der Waals surface area contributed by atoms with Crippen molar-refractivity contribution in [3.63, 3.8) is 0 Å². The molecule has 0 radical (unpaired) electrons. The second kappa shape index (κ2) is 6.00. The monoisotopic (exact) mass is 242 g/mol. The molecule has 98 valence electrons. The average Bonchev–Trinajstić information content (AvgIpc) is 2.62. The van der Waals surface area contributed by atoms with E-state index in [1.807, 2.05) is 20.8 Å². The first-order valence-corrected chi connectivity index (χ1v) is 6.15. The minimum atomic E-state index is -0.953. The van der Waals surface area contributed by atoms with Crippen molar-refractivity contribution in [2.24, 2.45) is 17.8 Å². The number of rotatable bonds is 5. The molecule has 0 aromatic rings. The Bertz CT molecular complexity index is 291. The average molecular weight is 242 g/mol. The highest BCUT2D eigenvalue weighted by Crippen LogP contribution is 2.16. The van der Waals surface area contributed by atoms with E-state index in [0.717, 1.165) is 6.54 Å². The van der Waals surface area contributed by atoms with Gasteiger partial charge in [0.1, 0.15) is 6.04 Å². The molecule has 0 spiro atoms. The molecule has 1 heterocycles. The van der Waals surface area contributed by atoms with E-state index in [2.05, 4.69) is 10.6 Å². The van der Waals surface area contributed by atoms with Gasteiger partial charge in [-0.3, -0.25) is 4.79 Å². The first-order chi connectivity index (χ1) is 7.91. The van der Waals surface area contributed by atoms with Gasteiger partial charge in [0.25, 0.3) is 0 Å². The lowest BCUT2D eigenvalue weighted by Crippen LogP contribution is -2.45. The fraction of sp³-hybridized carbons (Fsp3) is 0.833. The van der Waals surface area contributed by atoms with Crippen LogP contribution in [0.1, 0.15) is 27.2 Å². The van der Waals surface area contributed by atoms with Crippen LogP contribution < -0.4 is 10.6 Å². The third-order valence-corrected chi connectivity index (χ3v) is 3.18. The van der Waals surface area contributed by atoms with Crippen molar-refractivity contribution in [1.29, 1.82) is 0 Å². The fourth-order valence-electron chi connectivity index (χ4n) is 2.13. The zero-order valence-electron chi connectivity index (χ0n) is 10.7. The van der Waals surface area contributed by atoms with Crippen molar-refractivity contribution in [2.45, 2.75) is 33.2 Å². The molecule has 1 amide bonds. The summed E-state index contributed by atoms with van der Waals surface area (Å²) >= 11 is 0. The third-order valence-electron chi connectivity index (χ3n) is 3.18. The van der Waals surface area contributed by atoms with Gasteiger partial charge in [-0.1, -0.05) is 20.8 Å². The minimum absolute atomic E-state index is 0.107.